The van der Waals surface area contributed by atoms with Gasteiger partial charge in [0, 0.05) is 171 Å². The van der Waals surface area contributed by atoms with Gasteiger partial charge in [-0.05, 0) is 203 Å². The summed E-state index contributed by atoms with van der Waals surface area (Å²) in [4.78, 5) is 67.0. The average molecular weight is 2110 g/mol. The Labute approximate surface area is 800 Å². The van der Waals surface area contributed by atoms with Gasteiger partial charge < -0.3 is 48.5 Å². The van der Waals surface area contributed by atoms with Crippen molar-refractivity contribution in [3.63, 3.8) is 0 Å². The molecule has 36 heteroatoms. The fourth-order valence-corrected chi connectivity index (χ4v) is 17.0. The number of ether oxygens (including phenoxy) is 2. The molecule has 0 radical (unpaired) electrons. The predicted octanol–water partition coefficient (Wildman–Crippen LogP) is 24.7. The lowest BCUT2D eigenvalue weighted by Gasteiger charge is -2.08. The quantitative estimate of drug-likeness (QED) is 0.0321. The number of hydrogen-bond acceptors (Lipinski definition) is 15. The Morgan fingerprint density at radius 1 is 0.423 bits per heavy atom. The van der Waals surface area contributed by atoms with Crippen LogP contribution in [0.2, 0.25) is 65.3 Å². The van der Waals surface area contributed by atoms with Crippen LogP contribution < -0.4 is 11.1 Å². The number of ketones is 1. The van der Waals surface area contributed by atoms with Crippen molar-refractivity contribution in [2.45, 2.75) is 97.9 Å². The predicted molar refractivity (Wildman–Crippen MR) is 508 cm³/mol. The summed E-state index contributed by atoms with van der Waals surface area (Å²) in [5.74, 6) is 0.127. The van der Waals surface area contributed by atoms with Gasteiger partial charge in [-0.15, -0.1) is 0 Å². The molecule has 0 bridgehead atoms. The maximum absolute atomic E-state index is 12.4. The minimum Gasteiger partial charge on any atom is -0.465 e. The Morgan fingerprint density at radius 3 is 1.19 bits per heavy atom. The summed E-state index contributed by atoms with van der Waals surface area (Å²) in [6.07, 6.45) is 15.8. The van der Waals surface area contributed by atoms with Crippen molar-refractivity contribution >= 4 is 251 Å². The van der Waals surface area contributed by atoms with Gasteiger partial charge in [0.2, 0.25) is 5.95 Å². The number of nitrogens with zero attached hydrogens (tertiary/aromatic N) is 12. The highest BCUT2D eigenvalue weighted by molar-refractivity contribution is 9.10. The van der Waals surface area contributed by atoms with Gasteiger partial charge in [0.25, 0.3) is 0 Å². The zero-order valence-corrected chi connectivity index (χ0v) is 79.9. The first-order chi connectivity index (χ1) is 58.9. The van der Waals surface area contributed by atoms with Crippen molar-refractivity contribution in [2.24, 2.45) is 9.98 Å². The summed E-state index contributed by atoms with van der Waals surface area (Å²) >= 11 is 89.0. The van der Waals surface area contributed by atoms with Crippen LogP contribution in [0, 0.1) is 0 Å². The molecule has 8 aromatic carbocycles. The Kier molecular flexibility index (Phi) is 36.2. The number of nitrogens with one attached hydrogen (secondary N) is 1. The van der Waals surface area contributed by atoms with E-state index in [-0.39, 0.29) is 50.4 Å². The number of imidazole rings is 5. The van der Waals surface area contributed by atoms with Crippen molar-refractivity contribution in [3.05, 3.63) is 335 Å². The molecule has 0 spiro atoms. The smallest absolute Gasteiger partial charge is 0.326 e. The second kappa shape index (κ2) is 46.3. The normalized spacial score (nSPS) is 11.7. The number of aliphatic hydroxyl groups excluding tert-OH is 1. The zero-order valence-electron chi connectivity index (χ0n) is 65.3. The molecule has 640 valence electrons. The van der Waals surface area contributed by atoms with Crippen LogP contribution in [0.25, 0.3) is 0 Å². The summed E-state index contributed by atoms with van der Waals surface area (Å²) in [5.41, 5.74) is 22.5. The van der Waals surface area contributed by atoms with Crippen LogP contribution >= 0.6 is 199 Å². The summed E-state index contributed by atoms with van der Waals surface area (Å²) in [5, 5.41) is 20.4. The van der Waals surface area contributed by atoms with Gasteiger partial charge in [-0.25, -0.2) is 24.9 Å². The summed E-state index contributed by atoms with van der Waals surface area (Å²) in [7, 11) is 0. The summed E-state index contributed by atoms with van der Waals surface area (Å²) < 4.78 is 20.9. The lowest BCUT2D eigenvalue weighted by molar-refractivity contribution is -0.144. The van der Waals surface area contributed by atoms with Gasteiger partial charge in [0.05, 0.1) is 85.6 Å². The van der Waals surface area contributed by atoms with Gasteiger partial charge in [-0.2, -0.15) is 0 Å². The number of fused-ring (bicyclic) bond motifs is 2. The van der Waals surface area contributed by atoms with Crippen LogP contribution in [-0.2, 0) is 108 Å². The van der Waals surface area contributed by atoms with Gasteiger partial charge in [-0.3, -0.25) is 24.4 Å². The number of esters is 2. The van der Waals surface area contributed by atoms with Gasteiger partial charge in [-0.1, -0.05) is 199 Å². The lowest BCUT2D eigenvalue weighted by atomic mass is 10.1. The molecule has 0 amide bonds. The largest absolute Gasteiger partial charge is 0.465 e. The SMILES string of the molecule is CCOC(=O)Cn1cc(Cc2ccc(Cl)cc2Cl)nc1Br.CCOC(=O)Cn1cnc(Cc2ccc(Cl)cc2Cl)c1.Clc1ccc(Cc2cn(CC3=Nc4cc(Cl)ccc4C3)c(Br)n2)c(Cl)c1.Nc1cc(Cl)ccc1CC(=O)Cn1cc(Cc2ccc(Cl)cc2Cl)nc1Br.OCCNc1nc(Cc2ccc(Cl)cc2Cl)cn1CC1=Nc2cc(Cl)ccc2C1. The third kappa shape index (κ3) is 29.0. The van der Waals surface area contributed by atoms with Crippen LogP contribution in [0.15, 0.2) is 207 Å². The Morgan fingerprint density at radius 2 is 0.772 bits per heavy atom. The molecule has 0 aliphatic carbocycles. The minimum absolute atomic E-state index is 0.0122. The van der Waals surface area contributed by atoms with Crippen LogP contribution in [0.5, 0.6) is 0 Å². The van der Waals surface area contributed by atoms with Crippen molar-refractivity contribution < 1.29 is 29.0 Å². The molecule has 0 fully saturated rings. The van der Waals surface area contributed by atoms with Gasteiger partial charge >= 0.3 is 11.9 Å². The minimum atomic E-state index is -0.299. The van der Waals surface area contributed by atoms with E-state index in [1.165, 1.54) is 11.1 Å². The number of rotatable bonds is 27. The van der Waals surface area contributed by atoms with E-state index in [0.717, 1.165) is 102 Å². The number of anilines is 2. The number of carbonyl (C=O) groups excluding carboxylic acids is 3. The molecule has 2 aliphatic rings. The number of carbonyl (C=O) groups is 3. The highest BCUT2D eigenvalue weighted by Crippen LogP contribution is 2.35. The fourth-order valence-electron chi connectivity index (χ4n) is 12.7. The molecule has 15 rings (SSSR count). The maximum Gasteiger partial charge on any atom is 0.326 e. The summed E-state index contributed by atoms with van der Waals surface area (Å²) in [6.45, 7) is 6.47. The van der Waals surface area contributed by atoms with Gasteiger partial charge in [0.15, 0.2) is 20.0 Å². The first-order valence-electron chi connectivity index (χ1n) is 37.7. The first-order valence-corrected chi connectivity index (χ1v) is 45.0. The van der Waals surface area contributed by atoms with Crippen molar-refractivity contribution in [2.75, 3.05) is 37.4 Å². The Bertz CT molecular complexity index is 6030. The molecule has 123 heavy (non-hydrogen) atoms. The van der Waals surface area contributed by atoms with E-state index in [0.29, 0.717) is 151 Å². The van der Waals surface area contributed by atoms with Crippen LogP contribution in [0.3, 0.4) is 0 Å². The average Bonchev–Trinajstić information content (AvgIpc) is 1.69. The number of nitrogens with two attached hydrogens (primary N) is 1. The molecule has 0 atom stereocenters. The molecule has 0 unspecified atom stereocenters. The molecular weight excluding hydrogens is 2040 g/mol. The molecule has 0 saturated heterocycles. The van der Waals surface area contributed by atoms with E-state index < -0.39 is 0 Å². The maximum atomic E-state index is 12.4. The van der Waals surface area contributed by atoms with Crippen molar-refractivity contribution in [1.82, 2.24) is 47.8 Å². The number of halogens is 16. The Hall–Kier alpha value is -7.47. The lowest BCUT2D eigenvalue weighted by Crippen LogP contribution is -2.15. The van der Waals surface area contributed by atoms with E-state index in [9.17, 15) is 19.5 Å². The molecule has 5 aromatic heterocycles. The number of hydrogen-bond donors (Lipinski definition) is 3. The number of Topliss-reactive ketones (excluding diaryl/α,β-unsaturated/α-hetero) is 1. The molecule has 7 heterocycles. The number of aromatic nitrogens is 10. The second-order valence-corrected chi connectivity index (χ2v) is 35.4. The second-order valence-electron chi connectivity index (χ2n) is 27.7. The van der Waals surface area contributed by atoms with E-state index in [4.69, 9.17) is 176 Å². The van der Waals surface area contributed by atoms with E-state index in [2.05, 4.69) is 78.0 Å². The van der Waals surface area contributed by atoms with Crippen LogP contribution in [0.4, 0.5) is 23.0 Å². The fraction of sp³-hybridized carbons (Fsp3) is 0.218. The third-order valence-corrected chi connectivity index (χ3v) is 23.9. The van der Waals surface area contributed by atoms with E-state index in [1.807, 2.05) is 113 Å². The number of nitrogen functional groups attached to an aromatic ring is 1. The van der Waals surface area contributed by atoms with Crippen LogP contribution in [0.1, 0.15) is 86.8 Å². The first kappa shape index (κ1) is 96.2. The Balaban J connectivity index is 0.000000151. The number of aliphatic imine (C=N–C) groups is 2. The number of aliphatic hydroxyl groups is 1. The molecule has 2 aliphatic heterocycles. The molecule has 13 aromatic rings. The molecule has 4 N–H and O–H groups in total. The third-order valence-electron chi connectivity index (χ3n) is 18.4. The number of benzene rings is 8. The molecule has 20 nitrogen and oxygen atoms in total. The van der Waals surface area contributed by atoms with Crippen molar-refractivity contribution in [1.29, 1.82) is 0 Å². The van der Waals surface area contributed by atoms with Crippen molar-refractivity contribution in [3.8, 4) is 0 Å². The monoisotopic (exact) mass is 2100 g/mol. The van der Waals surface area contributed by atoms with E-state index >= 15 is 0 Å². The highest BCUT2D eigenvalue weighted by atomic mass is 79.9. The molecule has 0 saturated carbocycles. The van der Waals surface area contributed by atoms with E-state index in [1.54, 1.807) is 107 Å². The van der Waals surface area contributed by atoms with Gasteiger partial charge in [0.1, 0.15) is 13.1 Å². The summed E-state index contributed by atoms with van der Waals surface area (Å²) in [6, 6.07) is 43.8. The standard InChI is InChI=1S/C21H19Cl3N4O.C19H15BrCl3N3O.C19H13BrCl3N3.C14H13BrCl2N2O2.C14H14Cl2N2O2/c22-15-3-1-13(19(24)9-15)7-18-12-28(21(27-18)25-5-6-29)11-17-8-14-2-4-16(23)10-20(14)26-17;20-19-25-15(5-11-1-3-13(21)7-17(11)23)9-26(19)10-16(27)6-12-2-4-14(22)8-18(12)24;20-19-25-16(5-11-1-3-13(21)7-17(11)23)10-26(19)9-15-6-12-2-4-14(22)8-18(12)24-15;1-2-21-13(20)8-19-7-11(18-14(19)15)5-9-3-4-10(16)6-12(9)17;1-2-20-14(19)8-18-7-12(17-9-18)5-10-3-4-11(15)6-13(10)16/h1-4,9-10,12,29H,5-8,11H2,(H,25,27);1-4,7-9H,5-6,10,24H2;1-4,7-8,10H,5-6,9H2;3-4,6-7H,2,5,8H2,1H3;3-4,6-7,9H,2,5,8H2,1H3. The molecular formula is C87H74Br3Cl13N14O6. The highest BCUT2D eigenvalue weighted by Gasteiger charge is 2.22. The zero-order chi connectivity index (χ0) is 88.1. The topological polar surface area (TPSA) is 242 Å². The van der Waals surface area contributed by atoms with Crippen LogP contribution in [-0.4, -0.2) is 108 Å².